The van der Waals surface area contributed by atoms with Crippen molar-refractivity contribution in [2.24, 2.45) is 0 Å². The van der Waals surface area contributed by atoms with Crippen molar-refractivity contribution in [1.29, 1.82) is 0 Å². The molecule has 1 N–H and O–H groups in total. The van der Waals surface area contributed by atoms with Crippen LogP contribution in [-0.4, -0.2) is 24.6 Å². The zero-order chi connectivity index (χ0) is 17.5. The summed E-state index contributed by atoms with van der Waals surface area (Å²) >= 11 is 3.32. The van der Waals surface area contributed by atoms with Gasteiger partial charge in [-0.2, -0.15) is 0 Å². The molecule has 0 saturated heterocycles. The van der Waals surface area contributed by atoms with Crippen LogP contribution in [0.3, 0.4) is 0 Å². The summed E-state index contributed by atoms with van der Waals surface area (Å²) in [5.41, 5.74) is 1.44. The second kappa shape index (κ2) is 8.68. The Labute approximate surface area is 150 Å². The molecule has 5 nitrogen and oxygen atoms in total. The molecular formula is C18H21BrN2O3. The quantitative estimate of drug-likeness (QED) is 0.769. The summed E-state index contributed by atoms with van der Waals surface area (Å²) in [6.45, 7) is 4.61. The van der Waals surface area contributed by atoms with E-state index < -0.39 is 0 Å². The molecule has 1 aromatic heterocycles. The van der Waals surface area contributed by atoms with Gasteiger partial charge >= 0.3 is 0 Å². The lowest BCUT2D eigenvalue weighted by molar-refractivity contribution is 0.0939. The monoisotopic (exact) mass is 392 g/mol. The first kappa shape index (κ1) is 18.3. The van der Waals surface area contributed by atoms with Gasteiger partial charge in [0.2, 0.25) is 0 Å². The van der Waals surface area contributed by atoms with Gasteiger partial charge in [-0.15, -0.1) is 0 Å². The van der Waals surface area contributed by atoms with Crippen molar-refractivity contribution in [3.63, 3.8) is 0 Å². The first-order valence-electron chi connectivity index (χ1n) is 7.77. The summed E-state index contributed by atoms with van der Waals surface area (Å²) < 4.78 is 11.8. The van der Waals surface area contributed by atoms with Crippen molar-refractivity contribution in [2.75, 3.05) is 13.7 Å². The molecule has 0 aliphatic carbocycles. The Balaban J connectivity index is 2.11. The van der Waals surface area contributed by atoms with Crippen LogP contribution in [-0.2, 0) is 0 Å². The van der Waals surface area contributed by atoms with Crippen LogP contribution in [0.1, 0.15) is 42.2 Å². The lowest BCUT2D eigenvalue weighted by atomic mass is 10.1. The predicted molar refractivity (Wildman–Crippen MR) is 96.6 cm³/mol. The largest absolute Gasteiger partial charge is 0.493 e. The fourth-order valence-corrected chi connectivity index (χ4v) is 2.55. The maximum atomic E-state index is 12.3. The van der Waals surface area contributed by atoms with Crippen molar-refractivity contribution in [3.05, 3.63) is 52.3 Å². The summed E-state index contributed by atoms with van der Waals surface area (Å²) in [5.74, 6) is 1.19. The number of amides is 1. The number of pyridine rings is 1. The third-order valence-corrected chi connectivity index (χ3v) is 3.90. The van der Waals surface area contributed by atoms with E-state index in [4.69, 9.17) is 9.47 Å². The molecule has 0 aliphatic rings. The molecule has 0 bridgehead atoms. The SMILES string of the molecule is CCCOc1ccc([C@H](C)NC(=O)c2cncc(Br)c2)cc1OC. The van der Waals surface area contributed by atoms with E-state index in [1.54, 1.807) is 19.4 Å². The summed E-state index contributed by atoms with van der Waals surface area (Å²) in [6, 6.07) is 7.24. The first-order valence-corrected chi connectivity index (χ1v) is 8.56. The van der Waals surface area contributed by atoms with E-state index in [9.17, 15) is 4.79 Å². The zero-order valence-corrected chi connectivity index (χ0v) is 15.6. The lowest BCUT2D eigenvalue weighted by Crippen LogP contribution is -2.26. The topological polar surface area (TPSA) is 60.5 Å². The number of hydrogen-bond donors (Lipinski definition) is 1. The van der Waals surface area contributed by atoms with E-state index in [0.29, 0.717) is 23.7 Å². The molecule has 0 unspecified atom stereocenters. The van der Waals surface area contributed by atoms with Crippen LogP contribution in [0.4, 0.5) is 0 Å². The van der Waals surface area contributed by atoms with Gasteiger partial charge in [0.15, 0.2) is 11.5 Å². The minimum Gasteiger partial charge on any atom is -0.493 e. The molecule has 128 valence electrons. The lowest BCUT2D eigenvalue weighted by Gasteiger charge is -2.17. The third kappa shape index (κ3) is 4.71. The number of carbonyl (C=O) groups is 1. The van der Waals surface area contributed by atoms with Crippen molar-refractivity contribution < 1.29 is 14.3 Å². The molecule has 0 saturated carbocycles. The Kier molecular flexibility index (Phi) is 6.61. The molecule has 1 aromatic carbocycles. The molecule has 0 fully saturated rings. The van der Waals surface area contributed by atoms with Crippen LogP contribution in [0.25, 0.3) is 0 Å². The number of benzene rings is 1. The van der Waals surface area contributed by atoms with Crippen LogP contribution in [0.2, 0.25) is 0 Å². The van der Waals surface area contributed by atoms with Gasteiger partial charge in [-0.1, -0.05) is 13.0 Å². The van der Waals surface area contributed by atoms with Crippen LogP contribution in [0.15, 0.2) is 41.1 Å². The van der Waals surface area contributed by atoms with E-state index >= 15 is 0 Å². The van der Waals surface area contributed by atoms with Crippen LogP contribution in [0.5, 0.6) is 11.5 Å². The number of nitrogens with one attached hydrogen (secondary N) is 1. The fraction of sp³-hybridized carbons (Fsp3) is 0.333. The van der Waals surface area contributed by atoms with Gasteiger partial charge in [0, 0.05) is 16.9 Å². The van der Waals surface area contributed by atoms with Gasteiger partial charge in [-0.25, -0.2) is 0 Å². The Morgan fingerprint density at radius 2 is 2.08 bits per heavy atom. The van der Waals surface area contributed by atoms with E-state index in [-0.39, 0.29) is 11.9 Å². The second-order valence-electron chi connectivity index (χ2n) is 5.35. The summed E-state index contributed by atoms with van der Waals surface area (Å²) in [6.07, 6.45) is 4.10. The number of carbonyl (C=O) groups excluding carboxylic acids is 1. The molecular weight excluding hydrogens is 372 g/mol. The molecule has 24 heavy (non-hydrogen) atoms. The number of halogens is 1. The minimum absolute atomic E-state index is 0.175. The molecule has 0 aliphatic heterocycles. The van der Waals surface area contributed by atoms with Crippen LogP contribution >= 0.6 is 15.9 Å². The highest BCUT2D eigenvalue weighted by atomic mass is 79.9. The highest BCUT2D eigenvalue weighted by Crippen LogP contribution is 2.30. The van der Waals surface area contributed by atoms with E-state index in [2.05, 4.69) is 33.2 Å². The number of rotatable bonds is 7. The van der Waals surface area contributed by atoms with Crippen molar-refractivity contribution in [1.82, 2.24) is 10.3 Å². The van der Waals surface area contributed by atoms with Crippen LogP contribution in [0, 0.1) is 0 Å². The summed E-state index contributed by atoms with van der Waals surface area (Å²) in [5, 5.41) is 2.96. The maximum absolute atomic E-state index is 12.3. The van der Waals surface area contributed by atoms with Gasteiger partial charge in [0.1, 0.15) is 0 Å². The number of nitrogens with zero attached hydrogens (tertiary/aromatic N) is 1. The molecule has 1 amide bonds. The molecule has 0 spiro atoms. The standard InChI is InChI=1S/C18H21BrN2O3/c1-4-7-24-16-6-5-13(9-17(16)23-3)12(2)21-18(22)14-8-15(19)11-20-10-14/h5-6,8-12H,4,7H2,1-3H3,(H,21,22)/t12-/m0/s1. The Hall–Kier alpha value is -2.08. The number of methoxy groups -OCH3 is 1. The molecule has 2 rings (SSSR count). The van der Waals surface area contributed by atoms with E-state index in [0.717, 1.165) is 16.5 Å². The maximum Gasteiger partial charge on any atom is 0.253 e. The predicted octanol–water partition coefficient (Wildman–Crippen LogP) is 4.13. The van der Waals surface area contributed by atoms with Gasteiger partial charge in [-0.3, -0.25) is 9.78 Å². The third-order valence-electron chi connectivity index (χ3n) is 3.46. The average molecular weight is 393 g/mol. The molecule has 6 heteroatoms. The minimum atomic E-state index is -0.179. The van der Waals surface area contributed by atoms with E-state index in [1.807, 2.05) is 25.1 Å². The molecule has 1 atom stereocenters. The normalized spacial score (nSPS) is 11.7. The summed E-state index contributed by atoms with van der Waals surface area (Å²) in [7, 11) is 1.61. The molecule has 2 aromatic rings. The highest BCUT2D eigenvalue weighted by Gasteiger charge is 2.14. The first-order chi connectivity index (χ1) is 11.5. The Morgan fingerprint density at radius 1 is 1.29 bits per heavy atom. The van der Waals surface area contributed by atoms with Crippen LogP contribution < -0.4 is 14.8 Å². The second-order valence-corrected chi connectivity index (χ2v) is 6.26. The van der Waals surface area contributed by atoms with Gasteiger partial charge in [-0.05, 0) is 53.0 Å². The Morgan fingerprint density at radius 3 is 2.75 bits per heavy atom. The van der Waals surface area contributed by atoms with Gasteiger partial charge in [0.05, 0.1) is 25.3 Å². The zero-order valence-electron chi connectivity index (χ0n) is 14.0. The smallest absolute Gasteiger partial charge is 0.253 e. The van der Waals surface area contributed by atoms with Gasteiger partial charge in [0.25, 0.3) is 5.91 Å². The van der Waals surface area contributed by atoms with Crippen molar-refractivity contribution in [3.8, 4) is 11.5 Å². The van der Waals surface area contributed by atoms with Gasteiger partial charge < -0.3 is 14.8 Å². The number of hydrogen-bond acceptors (Lipinski definition) is 4. The number of ether oxygens (including phenoxy) is 2. The highest BCUT2D eigenvalue weighted by molar-refractivity contribution is 9.10. The molecule has 1 heterocycles. The van der Waals surface area contributed by atoms with Crippen molar-refractivity contribution >= 4 is 21.8 Å². The van der Waals surface area contributed by atoms with E-state index in [1.165, 1.54) is 6.20 Å². The average Bonchev–Trinajstić information content (AvgIpc) is 2.59. The number of aromatic nitrogens is 1. The molecule has 0 radical (unpaired) electrons. The summed E-state index contributed by atoms with van der Waals surface area (Å²) in [4.78, 5) is 16.3. The Bertz CT molecular complexity index is 706. The van der Waals surface area contributed by atoms with Crippen molar-refractivity contribution in [2.45, 2.75) is 26.3 Å². The fourth-order valence-electron chi connectivity index (χ4n) is 2.18.